The van der Waals surface area contributed by atoms with Crippen LogP contribution in [0.4, 0.5) is 0 Å². The Kier molecular flexibility index (Phi) is 6.84. The van der Waals surface area contributed by atoms with Crippen molar-refractivity contribution in [2.75, 3.05) is 14.2 Å². The molecule has 7 heteroatoms. The molecule has 0 aliphatic heterocycles. The van der Waals surface area contributed by atoms with E-state index >= 15 is 0 Å². The fourth-order valence-corrected chi connectivity index (χ4v) is 5.99. The van der Waals surface area contributed by atoms with Gasteiger partial charge in [-0.25, -0.2) is 8.42 Å². The van der Waals surface area contributed by atoms with E-state index in [2.05, 4.69) is 0 Å². The Balaban J connectivity index is 2.34. The molecule has 0 aromatic heterocycles. The van der Waals surface area contributed by atoms with Gasteiger partial charge >= 0.3 is 11.9 Å². The van der Waals surface area contributed by atoms with E-state index in [4.69, 9.17) is 9.47 Å². The van der Waals surface area contributed by atoms with Gasteiger partial charge in [0, 0.05) is 6.42 Å². The lowest BCUT2D eigenvalue weighted by Crippen LogP contribution is -2.44. The van der Waals surface area contributed by atoms with Gasteiger partial charge in [-0.2, -0.15) is 0 Å². The van der Waals surface area contributed by atoms with E-state index in [1.165, 1.54) is 26.4 Å². The summed E-state index contributed by atoms with van der Waals surface area (Å²) in [5.41, 5.74) is 0.558. The third-order valence-corrected chi connectivity index (χ3v) is 7.84. The number of carbonyl (C=O) groups is 2. The first kappa shape index (κ1) is 23.0. The smallest absolute Gasteiger partial charge is 0.323 e. The number of ether oxygens (including phenoxy) is 2. The molecule has 0 heterocycles. The Morgan fingerprint density at radius 2 is 1.61 bits per heavy atom. The van der Waals surface area contributed by atoms with Crippen molar-refractivity contribution in [1.82, 2.24) is 0 Å². The first-order chi connectivity index (χ1) is 14.8. The topological polar surface area (TPSA) is 86.7 Å². The highest BCUT2D eigenvalue weighted by atomic mass is 32.2. The molecule has 2 aliphatic rings. The predicted molar refractivity (Wildman–Crippen MR) is 117 cm³/mol. The summed E-state index contributed by atoms with van der Waals surface area (Å²) in [7, 11) is -1.58. The summed E-state index contributed by atoms with van der Waals surface area (Å²) in [6.45, 7) is 1.98. The predicted octanol–water partition coefficient (Wildman–Crippen LogP) is 4.29. The summed E-state index contributed by atoms with van der Waals surface area (Å²) in [5.74, 6) is -1.58. The second kappa shape index (κ2) is 9.22. The number of rotatable bonds is 4. The quantitative estimate of drug-likeness (QED) is 0.509. The number of methoxy groups -OCH3 is 2. The van der Waals surface area contributed by atoms with Crippen LogP contribution in [-0.2, 0) is 28.9 Å². The average molecular weight is 445 g/mol. The molecule has 2 aliphatic carbocycles. The first-order valence-corrected chi connectivity index (χ1v) is 11.8. The van der Waals surface area contributed by atoms with Crippen LogP contribution < -0.4 is 0 Å². The van der Waals surface area contributed by atoms with Gasteiger partial charge in [0.05, 0.1) is 24.0 Å². The lowest BCUT2D eigenvalue weighted by Gasteiger charge is -2.35. The molecule has 6 nitrogen and oxygen atoms in total. The van der Waals surface area contributed by atoms with Gasteiger partial charge in [0.15, 0.2) is 5.41 Å². The summed E-state index contributed by atoms with van der Waals surface area (Å²) in [4.78, 5) is 25.9. The number of hydrogen-bond acceptors (Lipinski definition) is 6. The van der Waals surface area contributed by atoms with Crippen molar-refractivity contribution in [3.8, 4) is 0 Å². The standard InChI is InChI=1S/C24H28O6S/c1-17-10-6-4-7-11-18-15-24(22(25)29-2,23(26)30-3)16-21(20(18)14-17)31(27,28)19-12-8-5-9-13-19/h5,8-9,11-14H,4,6-7,10,15-16H2,1-3H3/b17-14-,18-11-. The Morgan fingerprint density at radius 3 is 2.23 bits per heavy atom. The molecule has 0 atom stereocenters. The van der Waals surface area contributed by atoms with Gasteiger partial charge in [0.25, 0.3) is 0 Å². The van der Waals surface area contributed by atoms with Crippen LogP contribution in [0.15, 0.2) is 69.0 Å². The number of esters is 2. The molecule has 0 bridgehead atoms. The van der Waals surface area contributed by atoms with Crippen LogP contribution in [0.2, 0.25) is 0 Å². The zero-order valence-corrected chi connectivity index (χ0v) is 19.0. The Morgan fingerprint density at radius 1 is 0.968 bits per heavy atom. The normalized spacial score (nSPS) is 22.4. The highest BCUT2D eigenvalue weighted by Gasteiger charge is 2.54. The van der Waals surface area contributed by atoms with E-state index in [9.17, 15) is 18.0 Å². The third-order valence-electron chi connectivity index (χ3n) is 5.94. The van der Waals surface area contributed by atoms with E-state index in [-0.39, 0.29) is 22.6 Å². The maximum atomic E-state index is 13.7. The van der Waals surface area contributed by atoms with Crippen LogP contribution in [-0.4, -0.2) is 34.6 Å². The fraction of sp³-hybridized carbons (Fsp3) is 0.417. The van der Waals surface area contributed by atoms with Crippen LogP contribution in [0, 0.1) is 5.41 Å². The van der Waals surface area contributed by atoms with E-state index in [1.807, 2.05) is 19.1 Å². The molecule has 0 N–H and O–H groups in total. The number of carbonyl (C=O) groups excluding carboxylic acids is 2. The van der Waals surface area contributed by atoms with Gasteiger partial charge < -0.3 is 9.47 Å². The monoisotopic (exact) mass is 444 g/mol. The molecule has 31 heavy (non-hydrogen) atoms. The maximum absolute atomic E-state index is 13.7. The molecule has 0 fully saturated rings. The fourth-order valence-electron chi connectivity index (χ4n) is 4.27. The molecule has 1 aromatic rings. The van der Waals surface area contributed by atoms with Crippen molar-refractivity contribution in [3.05, 3.63) is 64.1 Å². The second-order valence-corrected chi connectivity index (χ2v) is 10.0. The third kappa shape index (κ3) is 4.37. The molecule has 166 valence electrons. The summed E-state index contributed by atoms with van der Waals surface area (Å²) in [5, 5.41) is 0. The molecule has 0 saturated carbocycles. The minimum Gasteiger partial charge on any atom is -0.468 e. The van der Waals surface area contributed by atoms with Gasteiger partial charge in [-0.05, 0) is 62.3 Å². The Hall–Kier alpha value is -2.67. The zero-order valence-electron chi connectivity index (χ0n) is 18.1. The molecule has 3 rings (SSSR count). The molecule has 1 aromatic carbocycles. The van der Waals surface area contributed by atoms with Crippen molar-refractivity contribution in [1.29, 1.82) is 0 Å². The second-order valence-electron chi connectivity index (χ2n) is 8.04. The molecule has 0 radical (unpaired) electrons. The van der Waals surface area contributed by atoms with Gasteiger partial charge in [0.2, 0.25) is 9.84 Å². The van der Waals surface area contributed by atoms with Gasteiger partial charge in [-0.1, -0.05) is 35.9 Å². The van der Waals surface area contributed by atoms with Gasteiger partial charge in [0.1, 0.15) is 0 Å². The number of allylic oxidation sites excluding steroid dienone is 6. The zero-order chi connectivity index (χ0) is 22.6. The van der Waals surface area contributed by atoms with E-state index in [0.29, 0.717) is 11.1 Å². The van der Waals surface area contributed by atoms with Crippen LogP contribution in [0.25, 0.3) is 0 Å². The molecular formula is C24H28O6S. The van der Waals surface area contributed by atoms with E-state index in [0.717, 1.165) is 31.3 Å². The average Bonchev–Trinajstić information content (AvgIpc) is 2.87. The van der Waals surface area contributed by atoms with Crippen molar-refractivity contribution >= 4 is 21.8 Å². The number of sulfone groups is 1. The van der Waals surface area contributed by atoms with Crippen LogP contribution >= 0.6 is 0 Å². The first-order valence-electron chi connectivity index (χ1n) is 10.3. The number of benzene rings is 1. The van der Waals surface area contributed by atoms with Crippen LogP contribution in [0.3, 0.4) is 0 Å². The van der Waals surface area contributed by atoms with Crippen molar-refractivity contribution in [2.45, 2.75) is 50.3 Å². The number of hydrogen-bond donors (Lipinski definition) is 0. The Bertz CT molecular complexity index is 1040. The summed E-state index contributed by atoms with van der Waals surface area (Å²) in [6, 6.07) is 8.07. The van der Waals surface area contributed by atoms with Crippen molar-refractivity contribution in [2.24, 2.45) is 5.41 Å². The minimum absolute atomic E-state index is 0.0409. The molecular weight excluding hydrogens is 416 g/mol. The molecule has 0 unspecified atom stereocenters. The Labute approximate surface area is 183 Å². The lowest BCUT2D eigenvalue weighted by molar-refractivity contribution is -0.169. The lowest BCUT2D eigenvalue weighted by atomic mass is 9.71. The van der Waals surface area contributed by atoms with Crippen molar-refractivity contribution < 1.29 is 27.5 Å². The van der Waals surface area contributed by atoms with Crippen LogP contribution in [0.5, 0.6) is 0 Å². The highest BCUT2D eigenvalue weighted by Crippen LogP contribution is 2.48. The maximum Gasteiger partial charge on any atom is 0.323 e. The summed E-state index contributed by atoms with van der Waals surface area (Å²) in [6.07, 6.45) is 7.10. The SMILES string of the molecule is COC(=O)C1(C(=O)OC)CC(S(=O)(=O)c2ccccc2)=C2/C=C(/C)CCCC/C=C\2C1. The van der Waals surface area contributed by atoms with Crippen LogP contribution in [0.1, 0.15) is 45.4 Å². The van der Waals surface area contributed by atoms with Gasteiger partial charge in [-0.3, -0.25) is 9.59 Å². The summed E-state index contributed by atoms with van der Waals surface area (Å²) >= 11 is 0. The molecule has 0 amide bonds. The van der Waals surface area contributed by atoms with Gasteiger partial charge in [-0.15, -0.1) is 0 Å². The van der Waals surface area contributed by atoms with E-state index in [1.54, 1.807) is 18.2 Å². The molecule has 0 spiro atoms. The van der Waals surface area contributed by atoms with Crippen molar-refractivity contribution in [3.63, 3.8) is 0 Å². The largest absolute Gasteiger partial charge is 0.468 e. The molecule has 0 saturated heterocycles. The minimum atomic E-state index is -3.97. The summed E-state index contributed by atoms with van der Waals surface area (Å²) < 4.78 is 37.4. The highest BCUT2D eigenvalue weighted by molar-refractivity contribution is 7.95. The number of fused-ring (bicyclic) bond motifs is 1. The van der Waals surface area contributed by atoms with E-state index < -0.39 is 27.2 Å².